The fourth-order valence-electron chi connectivity index (χ4n) is 2.81. The van der Waals surface area contributed by atoms with Crippen LogP contribution in [0, 0.1) is 11.7 Å². The number of nitrogens with one attached hydrogen (secondary N) is 1. The number of likely N-dealkylation sites (tertiary alicyclic amines) is 1. The van der Waals surface area contributed by atoms with Gasteiger partial charge >= 0.3 is 5.97 Å². The highest BCUT2D eigenvalue weighted by molar-refractivity contribution is 5.98. The average molecular weight is 336 g/mol. The summed E-state index contributed by atoms with van der Waals surface area (Å²) in [6, 6.07) is 3.33. The molecule has 2 amide bonds. The maximum Gasteiger partial charge on any atom is 0.326 e. The molecule has 0 bridgehead atoms. The van der Waals surface area contributed by atoms with Gasteiger partial charge in [-0.25, -0.2) is 9.18 Å². The molecule has 2 atom stereocenters. The molecule has 0 aromatic heterocycles. The number of nitrogens with zero attached hydrogens (tertiary/aromatic N) is 1. The van der Waals surface area contributed by atoms with E-state index in [9.17, 15) is 23.9 Å². The van der Waals surface area contributed by atoms with Gasteiger partial charge in [0.05, 0.1) is 0 Å². The van der Waals surface area contributed by atoms with Crippen molar-refractivity contribution in [3.8, 4) is 0 Å². The molecule has 0 spiro atoms. The summed E-state index contributed by atoms with van der Waals surface area (Å²) < 4.78 is 12.9. The first-order valence-electron chi connectivity index (χ1n) is 7.91. The number of hydrogen-bond donors (Lipinski definition) is 2. The first-order valence-corrected chi connectivity index (χ1v) is 7.91. The zero-order chi connectivity index (χ0) is 17.9. The molecule has 1 aliphatic rings. The summed E-state index contributed by atoms with van der Waals surface area (Å²) in [6.07, 6.45) is 1.04. The van der Waals surface area contributed by atoms with E-state index in [1.165, 1.54) is 29.2 Å². The van der Waals surface area contributed by atoms with Crippen LogP contribution >= 0.6 is 0 Å². The van der Waals surface area contributed by atoms with Crippen molar-refractivity contribution in [2.75, 3.05) is 6.54 Å². The van der Waals surface area contributed by atoms with Crippen LogP contribution < -0.4 is 5.32 Å². The molecular weight excluding hydrogens is 315 g/mol. The van der Waals surface area contributed by atoms with Crippen molar-refractivity contribution in [2.24, 2.45) is 5.92 Å². The topological polar surface area (TPSA) is 86.7 Å². The lowest BCUT2D eigenvalue weighted by Gasteiger charge is -2.29. The fraction of sp³-hybridized carbons (Fsp3) is 0.471. The second kappa shape index (κ2) is 7.42. The SMILES string of the molecule is CC(C)C(NC(=O)c1ccc(F)cc1)C(=O)N1CCC[C@H]1C(=O)O. The third-order valence-corrected chi connectivity index (χ3v) is 4.15. The molecule has 1 aliphatic heterocycles. The molecule has 1 aromatic rings. The van der Waals surface area contributed by atoms with Crippen LogP contribution in [-0.4, -0.2) is 46.4 Å². The van der Waals surface area contributed by atoms with Gasteiger partial charge in [-0.3, -0.25) is 9.59 Å². The van der Waals surface area contributed by atoms with Gasteiger partial charge in [-0.15, -0.1) is 0 Å². The van der Waals surface area contributed by atoms with Gasteiger partial charge < -0.3 is 15.3 Å². The maximum absolute atomic E-state index is 12.9. The molecule has 0 aliphatic carbocycles. The predicted molar refractivity (Wildman–Crippen MR) is 84.9 cm³/mol. The summed E-state index contributed by atoms with van der Waals surface area (Å²) in [4.78, 5) is 37.6. The van der Waals surface area contributed by atoms with Crippen molar-refractivity contribution in [2.45, 2.75) is 38.8 Å². The van der Waals surface area contributed by atoms with E-state index in [1.54, 1.807) is 13.8 Å². The Labute approximate surface area is 139 Å². The lowest BCUT2D eigenvalue weighted by molar-refractivity contribution is -0.149. The molecular formula is C17H21FN2O4. The Balaban J connectivity index is 2.14. The molecule has 130 valence electrons. The number of carbonyl (C=O) groups excluding carboxylic acids is 2. The largest absolute Gasteiger partial charge is 0.480 e. The molecule has 1 fully saturated rings. The van der Waals surface area contributed by atoms with Gasteiger partial charge in [0, 0.05) is 12.1 Å². The highest BCUT2D eigenvalue weighted by Gasteiger charge is 2.38. The van der Waals surface area contributed by atoms with Gasteiger partial charge in [-0.2, -0.15) is 0 Å². The summed E-state index contributed by atoms with van der Waals surface area (Å²) >= 11 is 0. The van der Waals surface area contributed by atoms with Crippen LogP contribution in [-0.2, 0) is 9.59 Å². The Kier molecular flexibility index (Phi) is 5.54. The van der Waals surface area contributed by atoms with Crippen LogP contribution in [0.5, 0.6) is 0 Å². The highest BCUT2D eigenvalue weighted by Crippen LogP contribution is 2.20. The van der Waals surface area contributed by atoms with Gasteiger partial charge in [-0.1, -0.05) is 13.8 Å². The van der Waals surface area contributed by atoms with Crippen molar-refractivity contribution in [1.82, 2.24) is 10.2 Å². The minimum atomic E-state index is -1.03. The Hall–Kier alpha value is -2.44. The fourth-order valence-corrected chi connectivity index (χ4v) is 2.81. The lowest BCUT2D eigenvalue weighted by Crippen LogP contribution is -2.53. The summed E-state index contributed by atoms with van der Waals surface area (Å²) in [5, 5.41) is 11.9. The van der Waals surface area contributed by atoms with Crippen molar-refractivity contribution in [1.29, 1.82) is 0 Å². The van der Waals surface area contributed by atoms with Crippen LogP contribution in [0.15, 0.2) is 24.3 Å². The monoisotopic (exact) mass is 336 g/mol. The Morgan fingerprint density at radius 2 is 1.88 bits per heavy atom. The smallest absolute Gasteiger partial charge is 0.326 e. The van der Waals surface area contributed by atoms with E-state index in [0.29, 0.717) is 19.4 Å². The molecule has 0 radical (unpaired) electrons. The van der Waals surface area contributed by atoms with E-state index in [4.69, 9.17) is 0 Å². The van der Waals surface area contributed by atoms with Gasteiger partial charge in [0.15, 0.2) is 0 Å². The van der Waals surface area contributed by atoms with Gasteiger partial charge in [0.2, 0.25) is 5.91 Å². The number of halogens is 1. The van der Waals surface area contributed by atoms with Crippen molar-refractivity contribution >= 4 is 17.8 Å². The van der Waals surface area contributed by atoms with Crippen molar-refractivity contribution < 1.29 is 23.9 Å². The van der Waals surface area contributed by atoms with E-state index >= 15 is 0 Å². The number of aliphatic carboxylic acids is 1. The third kappa shape index (κ3) is 3.90. The number of benzene rings is 1. The molecule has 1 heterocycles. The Morgan fingerprint density at radius 1 is 1.25 bits per heavy atom. The Bertz CT molecular complexity index is 630. The standard InChI is InChI=1S/C17H21FN2O4/c1-10(2)14(16(22)20-9-3-4-13(20)17(23)24)19-15(21)11-5-7-12(18)8-6-11/h5-8,10,13-14H,3-4,9H2,1-2H3,(H,19,21)(H,23,24)/t13-,14?/m0/s1. The maximum atomic E-state index is 12.9. The molecule has 2 rings (SSSR count). The number of rotatable bonds is 5. The van der Waals surface area contributed by atoms with Gasteiger partial charge in [0.25, 0.3) is 5.91 Å². The van der Waals surface area contributed by atoms with E-state index in [2.05, 4.69) is 5.32 Å². The zero-order valence-corrected chi connectivity index (χ0v) is 13.7. The van der Waals surface area contributed by atoms with Gasteiger partial charge in [0.1, 0.15) is 17.9 Å². The van der Waals surface area contributed by atoms with E-state index in [1.807, 2.05) is 0 Å². The van der Waals surface area contributed by atoms with E-state index in [0.717, 1.165) is 0 Å². The van der Waals surface area contributed by atoms with Crippen LogP contribution in [0.3, 0.4) is 0 Å². The molecule has 0 saturated carbocycles. The molecule has 6 nitrogen and oxygen atoms in total. The minimum absolute atomic E-state index is 0.211. The summed E-state index contributed by atoms with van der Waals surface area (Å²) in [5.74, 6) is -2.59. The highest BCUT2D eigenvalue weighted by atomic mass is 19.1. The molecule has 1 saturated heterocycles. The van der Waals surface area contributed by atoms with Crippen LogP contribution in [0.1, 0.15) is 37.0 Å². The summed E-state index contributed by atoms with van der Waals surface area (Å²) in [6.45, 7) is 3.92. The number of carboxylic acid groups (broad SMARTS) is 1. The lowest BCUT2D eigenvalue weighted by atomic mass is 10.0. The number of hydrogen-bond acceptors (Lipinski definition) is 3. The van der Waals surface area contributed by atoms with Crippen LogP contribution in [0.2, 0.25) is 0 Å². The second-order valence-electron chi connectivity index (χ2n) is 6.23. The molecule has 1 unspecified atom stereocenters. The summed E-state index contributed by atoms with van der Waals surface area (Å²) in [5.41, 5.74) is 0.242. The minimum Gasteiger partial charge on any atom is -0.480 e. The first kappa shape index (κ1) is 17.9. The number of amides is 2. The summed E-state index contributed by atoms with van der Waals surface area (Å²) in [7, 11) is 0. The van der Waals surface area contributed by atoms with Crippen LogP contribution in [0.4, 0.5) is 4.39 Å². The first-order chi connectivity index (χ1) is 11.3. The van der Waals surface area contributed by atoms with Gasteiger partial charge in [-0.05, 0) is 43.0 Å². The van der Waals surface area contributed by atoms with Crippen molar-refractivity contribution in [3.63, 3.8) is 0 Å². The third-order valence-electron chi connectivity index (χ3n) is 4.15. The Morgan fingerprint density at radius 3 is 2.42 bits per heavy atom. The molecule has 7 heteroatoms. The molecule has 2 N–H and O–H groups in total. The molecule has 24 heavy (non-hydrogen) atoms. The van der Waals surface area contributed by atoms with E-state index in [-0.39, 0.29) is 11.5 Å². The second-order valence-corrected chi connectivity index (χ2v) is 6.23. The normalized spacial score (nSPS) is 18.5. The van der Waals surface area contributed by atoms with Crippen LogP contribution in [0.25, 0.3) is 0 Å². The quantitative estimate of drug-likeness (QED) is 0.856. The average Bonchev–Trinajstić information content (AvgIpc) is 3.02. The van der Waals surface area contributed by atoms with E-state index < -0.39 is 35.7 Å². The molecule has 1 aromatic carbocycles. The zero-order valence-electron chi connectivity index (χ0n) is 13.7. The predicted octanol–water partition coefficient (Wildman–Crippen LogP) is 1.66. The number of carboxylic acids is 1. The number of carbonyl (C=O) groups is 3. The van der Waals surface area contributed by atoms with Crippen molar-refractivity contribution in [3.05, 3.63) is 35.6 Å².